The zero-order valence-electron chi connectivity index (χ0n) is 9.77. The van der Waals surface area contributed by atoms with Gasteiger partial charge in [-0.05, 0) is 13.8 Å². The molecule has 0 aromatic heterocycles. The summed E-state index contributed by atoms with van der Waals surface area (Å²) in [6, 6.07) is -0.566. The Bertz CT molecular complexity index is 357. The maximum Gasteiger partial charge on any atom is 0.330 e. The lowest BCUT2D eigenvalue weighted by Crippen LogP contribution is -2.64. The van der Waals surface area contributed by atoms with Gasteiger partial charge in [0.15, 0.2) is 0 Å². The number of rotatable bonds is 2. The number of methoxy groups -OCH3 is 2. The second-order valence-corrected chi connectivity index (χ2v) is 6.38. The van der Waals surface area contributed by atoms with E-state index in [2.05, 4.69) is 0 Å². The molecule has 0 aromatic rings. The van der Waals surface area contributed by atoms with Gasteiger partial charge in [-0.15, -0.1) is 0 Å². The summed E-state index contributed by atoms with van der Waals surface area (Å²) in [5.41, 5.74) is 0. The van der Waals surface area contributed by atoms with Gasteiger partial charge in [-0.3, -0.25) is 9.69 Å². The van der Waals surface area contributed by atoms with Crippen LogP contribution in [0.3, 0.4) is 0 Å². The number of β-lactam (4-membered cyclic amide) rings is 1. The summed E-state index contributed by atoms with van der Waals surface area (Å²) in [5, 5.41) is -0.667. The molecule has 5 nitrogen and oxygen atoms in total. The minimum Gasteiger partial charge on any atom is -0.467 e. The third kappa shape index (κ3) is 1.29. The summed E-state index contributed by atoms with van der Waals surface area (Å²) < 4.78 is 9.75. The Morgan fingerprint density at radius 1 is 1.50 bits per heavy atom. The van der Waals surface area contributed by atoms with Crippen LogP contribution in [0.15, 0.2) is 0 Å². The fraction of sp³-hybridized carbons (Fsp3) is 0.800. The van der Waals surface area contributed by atoms with E-state index in [1.54, 1.807) is 7.11 Å². The van der Waals surface area contributed by atoms with Crippen molar-refractivity contribution < 1.29 is 19.1 Å². The van der Waals surface area contributed by atoms with Crippen molar-refractivity contribution >= 4 is 23.6 Å². The Kier molecular flexibility index (Phi) is 2.47. The van der Waals surface area contributed by atoms with Crippen LogP contribution in [0.25, 0.3) is 0 Å². The highest BCUT2D eigenvalue weighted by Crippen LogP contribution is 2.58. The van der Waals surface area contributed by atoms with E-state index in [9.17, 15) is 9.59 Å². The molecule has 0 spiro atoms. The second kappa shape index (κ2) is 3.37. The van der Waals surface area contributed by atoms with Gasteiger partial charge >= 0.3 is 5.97 Å². The molecule has 1 unspecified atom stereocenters. The number of carbonyl (C=O) groups is 2. The Labute approximate surface area is 98.4 Å². The van der Waals surface area contributed by atoms with Gasteiger partial charge in [0, 0.05) is 11.9 Å². The molecule has 2 atom stereocenters. The van der Waals surface area contributed by atoms with Gasteiger partial charge in [0.1, 0.15) is 6.04 Å². The van der Waals surface area contributed by atoms with Crippen LogP contribution in [0.4, 0.5) is 0 Å². The molecule has 0 radical (unpaired) electrons. The van der Waals surface area contributed by atoms with Crippen LogP contribution >= 0.6 is 11.8 Å². The van der Waals surface area contributed by atoms with Crippen LogP contribution in [0.5, 0.6) is 0 Å². The van der Waals surface area contributed by atoms with Gasteiger partial charge in [-0.2, -0.15) is 0 Å². The van der Waals surface area contributed by atoms with Crippen molar-refractivity contribution in [2.75, 3.05) is 14.2 Å². The maximum absolute atomic E-state index is 11.7. The minimum absolute atomic E-state index is 0.0599. The van der Waals surface area contributed by atoms with Crippen molar-refractivity contribution in [2.45, 2.75) is 36.1 Å². The summed E-state index contributed by atoms with van der Waals surface area (Å²) in [6.07, 6.45) is 0.324. The maximum atomic E-state index is 11.7. The quantitative estimate of drug-likeness (QED) is 0.526. The molecule has 1 amide bonds. The normalized spacial score (nSPS) is 35.6. The average Bonchev–Trinajstić information content (AvgIpc) is 2.41. The molecule has 0 bridgehead atoms. The molecule has 2 saturated heterocycles. The Morgan fingerprint density at radius 3 is 2.56 bits per heavy atom. The minimum atomic E-state index is -0.667. The molecular weight excluding hydrogens is 230 g/mol. The summed E-state index contributed by atoms with van der Waals surface area (Å²) in [5.74, 6) is -0.445. The largest absolute Gasteiger partial charge is 0.467 e. The van der Waals surface area contributed by atoms with Gasteiger partial charge < -0.3 is 9.47 Å². The molecule has 0 N–H and O–H groups in total. The van der Waals surface area contributed by atoms with Crippen LogP contribution in [0, 0.1) is 0 Å². The third-order valence-electron chi connectivity index (χ3n) is 3.09. The van der Waals surface area contributed by atoms with Gasteiger partial charge in [0.05, 0.1) is 13.5 Å². The van der Waals surface area contributed by atoms with Gasteiger partial charge in [0.2, 0.25) is 11.0 Å². The molecule has 6 heteroatoms. The average molecular weight is 245 g/mol. The first-order valence-corrected chi connectivity index (χ1v) is 5.85. The van der Waals surface area contributed by atoms with Gasteiger partial charge in [-0.25, -0.2) is 4.79 Å². The van der Waals surface area contributed by atoms with Gasteiger partial charge in [0.25, 0.3) is 0 Å². The van der Waals surface area contributed by atoms with E-state index >= 15 is 0 Å². The van der Waals surface area contributed by atoms with Crippen LogP contribution < -0.4 is 0 Å². The van der Waals surface area contributed by atoms with Crippen LogP contribution in [-0.4, -0.2) is 46.8 Å². The smallest absolute Gasteiger partial charge is 0.330 e. The number of ether oxygens (including phenoxy) is 2. The highest BCUT2D eigenvalue weighted by Gasteiger charge is 2.68. The molecule has 2 aliphatic heterocycles. The zero-order valence-corrected chi connectivity index (χ0v) is 10.6. The lowest BCUT2D eigenvalue weighted by molar-refractivity contribution is -0.190. The van der Waals surface area contributed by atoms with Crippen molar-refractivity contribution in [3.63, 3.8) is 0 Å². The first kappa shape index (κ1) is 11.7. The van der Waals surface area contributed by atoms with Crippen LogP contribution in [-0.2, 0) is 19.1 Å². The summed E-state index contributed by atoms with van der Waals surface area (Å²) >= 11 is 1.50. The number of fused-ring (bicyclic) bond motifs is 1. The van der Waals surface area contributed by atoms with Crippen molar-refractivity contribution in [1.82, 2.24) is 4.90 Å². The Morgan fingerprint density at radius 2 is 2.12 bits per heavy atom. The van der Waals surface area contributed by atoms with Crippen molar-refractivity contribution in [1.29, 1.82) is 0 Å². The highest BCUT2D eigenvalue weighted by molar-refractivity contribution is 8.02. The molecule has 2 rings (SSSR count). The number of carbonyl (C=O) groups excluding carboxylic acids is 2. The molecule has 0 aliphatic carbocycles. The number of esters is 1. The van der Waals surface area contributed by atoms with Crippen molar-refractivity contribution in [3.8, 4) is 0 Å². The SMILES string of the molecule is COC(=O)[C@@H]1N2C(=O)CC2(OC)SC1(C)C. The molecule has 0 saturated carbocycles. The molecule has 2 heterocycles. The lowest BCUT2D eigenvalue weighted by Gasteiger charge is -2.46. The zero-order chi connectivity index (χ0) is 12.1. The number of hydrogen-bond acceptors (Lipinski definition) is 5. The molecule has 2 fully saturated rings. The predicted molar refractivity (Wildman–Crippen MR) is 58.7 cm³/mol. The number of amides is 1. The van der Waals surface area contributed by atoms with E-state index in [0.29, 0.717) is 6.42 Å². The number of hydrogen-bond donors (Lipinski definition) is 0. The van der Waals surface area contributed by atoms with Crippen LogP contribution in [0.1, 0.15) is 20.3 Å². The van der Waals surface area contributed by atoms with E-state index in [0.717, 1.165) is 0 Å². The van der Waals surface area contributed by atoms with E-state index in [-0.39, 0.29) is 11.9 Å². The summed E-state index contributed by atoms with van der Waals surface area (Å²) in [6.45, 7) is 3.84. The first-order valence-electron chi connectivity index (χ1n) is 5.03. The summed E-state index contributed by atoms with van der Waals surface area (Å²) in [7, 11) is 2.89. The monoisotopic (exact) mass is 245 g/mol. The first-order chi connectivity index (χ1) is 7.38. The predicted octanol–water partition coefficient (Wildman–Crippen LogP) is 0.586. The highest BCUT2D eigenvalue weighted by atomic mass is 32.2. The van der Waals surface area contributed by atoms with Crippen molar-refractivity contribution in [2.24, 2.45) is 0 Å². The topological polar surface area (TPSA) is 55.8 Å². The van der Waals surface area contributed by atoms with Gasteiger partial charge in [-0.1, -0.05) is 11.8 Å². The summed E-state index contributed by atoms with van der Waals surface area (Å²) in [4.78, 5) is 24.9. The van der Waals surface area contributed by atoms with E-state index in [1.165, 1.54) is 23.8 Å². The van der Waals surface area contributed by atoms with E-state index in [4.69, 9.17) is 9.47 Å². The Hall–Kier alpha value is -0.750. The second-order valence-electron chi connectivity index (χ2n) is 4.49. The fourth-order valence-electron chi connectivity index (χ4n) is 2.38. The third-order valence-corrected chi connectivity index (χ3v) is 4.67. The molecule has 16 heavy (non-hydrogen) atoms. The van der Waals surface area contributed by atoms with Crippen molar-refractivity contribution in [3.05, 3.63) is 0 Å². The number of nitrogens with zero attached hydrogens (tertiary/aromatic N) is 1. The van der Waals surface area contributed by atoms with Crippen LogP contribution in [0.2, 0.25) is 0 Å². The number of thioether (sulfide) groups is 1. The lowest BCUT2D eigenvalue weighted by atomic mass is 9.97. The molecule has 0 aromatic carbocycles. The molecular formula is C10H15NO4S. The fourth-order valence-corrected chi connectivity index (χ4v) is 4.10. The van der Waals surface area contributed by atoms with E-state index in [1.807, 2.05) is 13.8 Å². The van der Waals surface area contributed by atoms with E-state index < -0.39 is 15.8 Å². The Balaban J connectivity index is 2.36. The molecule has 2 aliphatic rings. The standard InChI is InChI=1S/C10H15NO4S/c1-9(2)7(8(13)14-3)11-6(12)5-10(11,15-4)16-9/h7H,5H2,1-4H3/t7-,10?/m0/s1. The molecule has 90 valence electrons.